The first-order valence-electron chi connectivity index (χ1n) is 5.80. The van der Waals surface area contributed by atoms with Gasteiger partial charge in [-0.15, -0.1) is 0 Å². The number of halogens is 3. The Morgan fingerprint density at radius 2 is 1.80 bits per heavy atom. The van der Waals surface area contributed by atoms with Gasteiger partial charge < -0.3 is 0 Å². The molecule has 2 heterocycles. The lowest BCUT2D eigenvalue weighted by Crippen LogP contribution is -2.13. The number of aryl methyl sites for hydroxylation is 1. The Labute approximate surface area is 111 Å². The number of rotatable bonds is 1. The molecule has 102 valence electrons. The fraction of sp³-hybridized carbons (Fsp3) is 0.154. The van der Waals surface area contributed by atoms with E-state index in [9.17, 15) is 13.2 Å². The number of alkyl halides is 3. The van der Waals surface area contributed by atoms with Crippen molar-refractivity contribution in [2.75, 3.05) is 0 Å². The maximum absolute atomic E-state index is 13.0. The number of fused-ring (bicyclic) bond motifs is 1. The van der Waals surface area contributed by atoms with Gasteiger partial charge in [-0.2, -0.15) is 27.8 Å². The molecule has 0 atom stereocenters. The second kappa shape index (κ2) is 4.29. The van der Waals surface area contributed by atoms with Crippen molar-refractivity contribution in [2.45, 2.75) is 13.1 Å². The highest BCUT2D eigenvalue weighted by atomic mass is 19.4. The molecule has 1 aromatic carbocycles. The van der Waals surface area contributed by atoms with E-state index in [0.29, 0.717) is 10.1 Å². The van der Waals surface area contributed by atoms with Gasteiger partial charge in [-0.25, -0.2) is 4.98 Å². The fourth-order valence-corrected chi connectivity index (χ4v) is 1.89. The van der Waals surface area contributed by atoms with Crippen molar-refractivity contribution in [3.63, 3.8) is 0 Å². The second-order valence-corrected chi connectivity index (χ2v) is 4.36. The molecule has 0 spiro atoms. The largest absolute Gasteiger partial charge is 0.433 e. The fourth-order valence-electron chi connectivity index (χ4n) is 1.89. The Morgan fingerprint density at radius 1 is 1.10 bits per heavy atom. The smallest absolute Gasteiger partial charge is 0.211 e. The van der Waals surface area contributed by atoms with Crippen LogP contribution in [0.5, 0.6) is 0 Å². The van der Waals surface area contributed by atoms with Crippen molar-refractivity contribution in [3.8, 4) is 11.3 Å². The zero-order chi connectivity index (χ0) is 14.3. The molecule has 0 bridgehead atoms. The SMILES string of the molecule is Cc1ccc(-c2cc(C(F)(F)F)n3ncnc3n2)cc1. The lowest BCUT2D eigenvalue weighted by Gasteiger charge is -2.10. The highest BCUT2D eigenvalue weighted by molar-refractivity contribution is 5.61. The molecule has 0 saturated carbocycles. The number of benzene rings is 1. The Hall–Kier alpha value is -2.44. The van der Waals surface area contributed by atoms with Crippen molar-refractivity contribution in [3.05, 3.63) is 47.9 Å². The van der Waals surface area contributed by atoms with Gasteiger partial charge in [0, 0.05) is 5.56 Å². The summed E-state index contributed by atoms with van der Waals surface area (Å²) in [4.78, 5) is 7.84. The van der Waals surface area contributed by atoms with Crippen LogP contribution in [0, 0.1) is 6.92 Å². The van der Waals surface area contributed by atoms with Crippen molar-refractivity contribution >= 4 is 5.78 Å². The van der Waals surface area contributed by atoms with Gasteiger partial charge in [0.1, 0.15) is 6.33 Å². The third-order valence-corrected chi connectivity index (χ3v) is 2.89. The summed E-state index contributed by atoms with van der Waals surface area (Å²) < 4.78 is 39.8. The molecule has 0 radical (unpaired) electrons. The molecule has 20 heavy (non-hydrogen) atoms. The second-order valence-electron chi connectivity index (χ2n) is 4.36. The number of hydrogen-bond donors (Lipinski definition) is 0. The van der Waals surface area contributed by atoms with Crippen LogP contribution in [-0.4, -0.2) is 19.6 Å². The molecule has 3 aromatic rings. The van der Waals surface area contributed by atoms with E-state index in [4.69, 9.17) is 0 Å². The first-order valence-corrected chi connectivity index (χ1v) is 5.80. The molecular formula is C13H9F3N4. The average Bonchev–Trinajstić information content (AvgIpc) is 2.85. The predicted molar refractivity (Wildman–Crippen MR) is 66.0 cm³/mol. The van der Waals surface area contributed by atoms with Gasteiger partial charge in [0.05, 0.1) is 5.69 Å². The van der Waals surface area contributed by atoms with Gasteiger partial charge in [0.15, 0.2) is 5.69 Å². The molecule has 7 heteroatoms. The van der Waals surface area contributed by atoms with Crippen LogP contribution in [0.4, 0.5) is 13.2 Å². The summed E-state index contributed by atoms with van der Waals surface area (Å²) in [6, 6.07) is 8.07. The van der Waals surface area contributed by atoms with E-state index in [0.717, 1.165) is 18.0 Å². The van der Waals surface area contributed by atoms with E-state index in [1.807, 2.05) is 19.1 Å². The van der Waals surface area contributed by atoms with Crippen molar-refractivity contribution < 1.29 is 13.2 Å². The maximum Gasteiger partial charge on any atom is 0.433 e. The summed E-state index contributed by atoms with van der Waals surface area (Å²) in [5.74, 6) is -0.0737. The minimum Gasteiger partial charge on any atom is -0.211 e. The quantitative estimate of drug-likeness (QED) is 0.687. The normalized spacial score (nSPS) is 12.0. The standard InChI is InChI=1S/C13H9F3N4/c1-8-2-4-9(5-3-8)10-6-11(13(14,15)16)20-12(19-10)17-7-18-20/h2-7H,1H3. The van der Waals surface area contributed by atoms with Gasteiger partial charge in [0.2, 0.25) is 0 Å². The van der Waals surface area contributed by atoms with E-state index in [2.05, 4.69) is 15.1 Å². The Balaban J connectivity index is 2.24. The highest BCUT2D eigenvalue weighted by Crippen LogP contribution is 2.31. The van der Waals surface area contributed by atoms with Gasteiger partial charge in [-0.05, 0) is 13.0 Å². The van der Waals surface area contributed by atoms with Crippen LogP contribution >= 0.6 is 0 Å². The van der Waals surface area contributed by atoms with Crippen LogP contribution in [0.25, 0.3) is 17.0 Å². The summed E-state index contributed by atoms with van der Waals surface area (Å²) in [7, 11) is 0. The summed E-state index contributed by atoms with van der Waals surface area (Å²) >= 11 is 0. The molecule has 0 fully saturated rings. The average molecular weight is 278 g/mol. The van der Waals surface area contributed by atoms with Crippen molar-refractivity contribution in [2.24, 2.45) is 0 Å². The van der Waals surface area contributed by atoms with Crippen LogP contribution in [0.15, 0.2) is 36.7 Å². The maximum atomic E-state index is 13.0. The molecule has 0 aliphatic heterocycles. The van der Waals surface area contributed by atoms with E-state index in [1.54, 1.807) is 12.1 Å². The van der Waals surface area contributed by atoms with Gasteiger partial charge >= 0.3 is 6.18 Å². The van der Waals surface area contributed by atoms with Crippen LogP contribution in [0.1, 0.15) is 11.3 Å². The first kappa shape index (κ1) is 12.6. The van der Waals surface area contributed by atoms with Crippen LogP contribution in [-0.2, 0) is 6.18 Å². The zero-order valence-electron chi connectivity index (χ0n) is 10.4. The molecule has 0 aliphatic rings. The van der Waals surface area contributed by atoms with E-state index in [-0.39, 0.29) is 11.5 Å². The minimum atomic E-state index is -4.52. The molecule has 4 nitrogen and oxygen atoms in total. The highest BCUT2D eigenvalue weighted by Gasteiger charge is 2.35. The Kier molecular flexibility index (Phi) is 2.70. The number of nitrogens with zero attached hydrogens (tertiary/aromatic N) is 4. The lowest BCUT2D eigenvalue weighted by molar-refractivity contribution is -0.142. The molecule has 0 aliphatic carbocycles. The summed E-state index contributed by atoms with van der Waals surface area (Å²) in [5.41, 5.74) is 0.952. The summed E-state index contributed by atoms with van der Waals surface area (Å²) in [6.45, 7) is 1.90. The Morgan fingerprint density at radius 3 is 2.45 bits per heavy atom. The molecule has 0 saturated heterocycles. The van der Waals surface area contributed by atoms with Crippen LogP contribution in [0.2, 0.25) is 0 Å². The summed E-state index contributed by atoms with van der Waals surface area (Å²) in [5, 5.41) is 3.56. The molecule has 0 unspecified atom stereocenters. The van der Waals surface area contributed by atoms with Gasteiger partial charge in [0.25, 0.3) is 5.78 Å². The minimum absolute atomic E-state index is 0.0737. The predicted octanol–water partition coefficient (Wildman–Crippen LogP) is 3.12. The monoisotopic (exact) mass is 278 g/mol. The molecular weight excluding hydrogens is 269 g/mol. The molecule has 2 aromatic heterocycles. The zero-order valence-corrected chi connectivity index (χ0v) is 10.4. The molecule has 0 N–H and O–H groups in total. The van der Waals surface area contributed by atoms with Gasteiger partial charge in [-0.1, -0.05) is 29.8 Å². The van der Waals surface area contributed by atoms with E-state index < -0.39 is 11.9 Å². The van der Waals surface area contributed by atoms with Crippen LogP contribution in [0.3, 0.4) is 0 Å². The van der Waals surface area contributed by atoms with Gasteiger partial charge in [-0.3, -0.25) is 0 Å². The third-order valence-electron chi connectivity index (χ3n) is 2.89. The van der Waals surface area contributed by atoms with Crippen LogP contribution < -0.4 is 0 Å². The van der Waals surface area contributed by atoms with Crippen molar-refractivity contribution in [1.82, 2.24) is 19.6 Å². The molecule has 3 rings (SSSR count). The van der Waals surface area contributed by atoms with Crippen molar-refractivity contribution in [1.29, 1.82) is 0 Å². The number of hydrogen-bond acceptors (Lipinski definition) is 3. The van der Waals surface area contributed by atoms with E-state index in [1.165, 1.54) is 0 Å². The van der Waals surface area contributed by atoms with E-state index >= 15 is 0 Å². The lowest BCUT2D eigenvalue weighted by atomic mass is 10.1. The Bertz CT molecular complexity index is 759. The molecule has 0 amide bonds. The first-order chi connectivity index (χ1) is 9.45. The number of aromatic nitrogens is 4. The third kappa shape index (κ3) is 2.11. The topological polar surface area (TPSA) is 43.1 Å². The summed E-state index contributed by atoms with van der Waals surface area (Å²) in [6.07, 6.45) is -3.47.